The van der Waals surface area contributed by atoms with Gasteiger partial charge in [0.05, 0.1) is 0 Å². The third-order valence-electron chi connectivity index (χ3n) is 5.36. The Morgan fingerprint density at radius 3 is 2.50 bits per heavy atom. The SMILES string of the molecule is CCCCNC(=O)C(C)N(Cc1ccc(Br)cc1)C(=O)COc1cccc2ccccc12. The zero-order valence-corrected chi connectivity index (χ0v) is 20.1. The number of hydrogen-bond donors (Lipinski definition) is 1. The van der Waals surface area contributed by atoms with Crippen molar-refractivity contribution in [2.45, 2.75) is 39.3 Å². The number of halogens is 1. The van der Waals surface area contributed by atoms with Crippen LogP contribution in [-0.2, 0) is 16.1 Å². The van der Waals surface area contributed by atoms with Gasteiger partial charge in [0.2, 0.25) is 5.91 Å². The van der Waals surface area contributed by atoms with Crippen LogP contribution in [-0.4, -0.2) is 35.9 Å². The molecule has 32 heavy (non-hydrogen) atoms. The third-order valence-corrected chi connectivity index (χ3v) is 5.89. The third kappa shape index (κ3) is 6.33. The second kappa shape index (κ2) is 11.7. The van der Waals surface area contributed by atoms with Gasteiger partial charge in [0.25, 0.3) is 5.91 Å². The molecule has 3 rings (SSSR count). The molecule has 5 nitrogen and oxygen atoms in total. The molecule has 0 heterocycles. The van der Waals surface area contributed by atoms with Crippen LogP contribution in [0.4, 0.5) is 0 Å². The molecule has 0 radical (unpaired) electrons. The average Bonchev–Trinajstić information content (AvgIpc) is 2.81. The van der Waals surface area contributed by atoms with Gasteiger partial charge in [0, 0.05) is 22.9 Å². The van der Waals surface area contributed by atoms with Crippen molar-refractivity contribution in [1.82, 2.24) is 10.2 Å². The summed E-state index contributed by atoms with van der Waals surface area (Å²) in [6.45, 7) is 4.62. The first-order valence-corrected chi connectivity index (χ1v) is 11.7. The van der Waals surface area contributed by atoms with Gasteiger partial charge in [0.1, 0.15) is 11.8 Å². The molecule has 0 aliphatic rings. The van der Waals surface area contributed by atoms with Crippen molar-refractivity contribution in [2.24, 2.45) is 0 Å². The molecule has 0 aromatic heterocycles. The Morgan fingerprint density at radius 2 is 1.75 bits per heavy atom. The van der Waals surface area contributed by atoms with Crippen molar-refractivity contribution in [3.8, 4) is 5.75 Å². The summed E-state index contributed by atoms with van der Waals surface area (Å²) < 4.78 is 6.88. The van der Waals surface area contributed by atoms with Gasteiger partial charge < -0.3 is 15.0 Å². The van der Waals surface area contributed by atoms with E-state index in [-0.39, 0.29) is 18.4 Å². The minimum Gasteiger partial charge on any atom is -0.483 e. The number of amides is 2. The van der Waals surface area contributed by atoms with Crippen LogP contribution >= 0.6 is 15.9 Å². The Bertz CT molecular complexity index is 1050. The Hall–Kier alpha value is -2.86. The first-order chi connectivity index (χ1) is 15.5. The van der Waals surface area contributed by atoms with E-state index in [1.807, 2.05) is 66.7 Å². The second-order valence-electron chi connectivity index (χ2n) is 7.73. The number of carbonyl (C=O) groups is 2. The summed E-state index contributed by atoms with van der Waals surface area (Å²) in [5, 5.41) is 4.93. The normalized spacial score (nSPS) is 11.7. The van der Waals surface area contributed by atoms with Crippen molar-refractivity contribution >= 4 is 38.5 Å². The summed E-state index contributed by atoms with van der Waals surface area (Å²) in [5.74, 6) is 0.258. The summed E-state index contributed by atoms with van der Waals surface area (Å²) in [6.07, 6.45) is 1.90. The number of unbranched alkanes of at least 4 members (excludes halogenated alkanes) is 1. The average molecular weight is 497 g/mol. The molecule has 0 bridgehead atoms. The molecule has 0 spiro atoms. The number of ether oxygens (including phenoxy) is 1. The highest BCUT2D eigenvalue weighted by atomic mass is 79.9. The van der Waals surface area contributed by atoms with E-state index >= 15 is 0 Å². The molecule has 0 saturated heterocycles. The van der Waals surface area contributed by atoms with E-state index in [2.05, 4.69) is 28.2 Å². The van der Waals surface area contributed by atoms with Crippen molar-refractivity contribution in [2.75, 3.05) is 13.2 Å². The minimum atomic E-state index is -0.612. The molecule has 1 unspecified atom stereocenters. The summed E-state index contributed by atoms with van der Waals surface area (Å²) in [5.41, 5.74) is 0.944. The summed E-state index contributed by atoms with van der Waals surface area (Å²) in [4.78, 5) is 27.5. The fraction of sp³-hybridized carbons (Fsp3) is 0.308. The Labute approximate surface area is 197 Å². The number of fused-ring (bicyclic) bond motifs is 1. The predicted molar refractivity (Wildman–Crippen MR) is 132 cm³/mol. The lowest BCUT2D eigenvalue weighted by atomic mass is 10.1. The number of nitrogens with zero attached hydrogens (tertiary/aromatic N) is 1. The second-order valence-corrected chi connectivity index (χ2v) is 8.65. The van der Waals surface area contributed by atoms with Gasteiger partial charge in [-0.15, -0.1) is 0 Å². The van der Waals surface area contributed by atoms with E-state index < -0.39 is 6.04 Å². The van der Waals surface area contributed by atoms with E-state index in [4.69, 9.17) is 4.74 Å². The van der Waals surface area contributed by atoms with Gasteiger partial charge in [-0.05, 0) is 42.5 Å². The maximum absolute atomic E-state index is 13.2. The van der Waals surface area contributed by atoms with E-state index in [0.717, 1.165) is 33.7 Å². The fourth-order valence-corrected chi connectivity index (χ4v) is 3.71. The molecule has 1 N–H and O–H groups in total. The summed E-state index contributed by atoms with van der Waals surface area (Å²) in [6, 6.07) is 20.8. The smallest absolute Gasteiger partial charge is 0.261 e. The fourth-order valence-electron chi connectivity index (χ4n) is 3.45. The van der Waals surface area contributed by atoms with Gasteiger partial charge in [-0.2, -0.15) is 0 Å². The number of rotatable bonds is 10. The van der Waals surface area contributed by atoms with Crippen molar-refractivity contribution in [1.29, 1.82) is 0 Å². The van der Waals surface area contributed by atoms with Gasteiger partial charge >= 0.3 is 0 Å². The lowest BCUT2D eigenvalue weighted by molar-refractivity contribution is -0.142. The van der Waals surface area contributed by atoms with E-state index in [0.29, 0.717) is 18.8 Å². The topological polar surface area (TPSA) is 58.6 Å². The number of nitrogens with one attached hydrogen (secondary N) is 1. The van der Waals surface area contributed by atoms with Crippen LogP contribution in [0.15, 0.2) is 71.2 Å². The largest absolute Gasteiger partial charge is 0.483 e. The monoisotopic (exact) mass is 496 g/mol. The van der Waals surface area contributed by atoms with Crippen LogP contribution in [0.25, 0.3) is 10.8 Å². The van der Waals surface area contributed by atoms with Gasteiger partial charge in [-0.1, -0.05) is 77.8 Å². The summed E-state index contributed by atoms with van der Waals surface area (Å²) in [7, 11) is 0. The van der Waals surface area contributed by atoms with Gasteiger partial charge in [-0.3, -0.25) is 9.59 Å². The quantitative estimate of drug-likeness (QED) is 0.386. The van der Waals surface area contributed by atoms with Gasteiger partial charge in [0.15, 0.2) is 6.61 Å². The molecular formula is C26H29BrN2O3. The van der Waals surface area contributed by atoms with Crippen LogP contribution < -0.4 is 10.1 Å². The highest BCUT2D eigenvalue weighted by Crippen LogP contribution is 2.25. The molecule has 1 atom stereocenters. The van der Waals surface area contributed by atoms with Crippen molar-refractivity contribution in [3.63, 3.8) is 0 Å². The lowest BCUT2D eigenvalue weighted by Gasteiger charge is -2.29. The first kappa shape index (κ1) is 23.8. The molecule has 3 aromatic carbocycles. The molecule has 3 aromatic rings. The predicted octanol–water partition coefficient (Wildman–Crippen LogP) is 5.31. The Morgan fingerprint density at radius 1 is 1.03 bits per heavy atom. The zero-order valence-electron chi connectivity index (χ0n) is 18.5. The van der Waals surface area contributed by atoms with Crippen LogP contribution in [0.5, 0.6) is 5.75 Å². The van der Waals surface area contributed by atoms with Crippen molar-refractivity contribution < 1.29 is 14.3 Å². The highest BCUT2D eigenvalue weighted by Gasteiger charge is 2.26. The molecule has 168 valence electrons. The zero-order chi connectivity index (χ0) is 22.9. The van der Waals surface area contributed by atoms with Crippen molar-refractivity contribution in [3.05, 3.63) is 76.8 Å². The lowest BCUT2D eigenvalue weighted by Crippen LogP contribution is -2.49. The van der Waals surface area contributed by atoms with E-state index in [1.54, 1.807) is 11.8 Å². The molecule has 0 saturated carbocycles. The highest BCUT2D eigenvalue weighted by molar-refractivity contribution is 9.10. The molecule has 2 amide bonds. The maximum atomic E-state index is 13.2. The van der Waals surface area contributed by atoms with Gasteiger partial charge in [-0.25, -0.2) is 0 Å². The molecule has 0 aliphatic heterocycles. The summed E-state index contributed by atoms with van der Waals surface area (Å²) >= 11 is 3.43. The Balaban J connectivity index is 1.75. The number of carbonyl (C=O) groups excluding carboxylic acids is 2. The van der Waals surface area contributed by atoms with E-state index in [1.165, 1.54) is 0 Å². The molecule has 0 aliphatic carbocycles. The van der Waals surface area contributed by atoms with Crippen LogP contribution in [0, 0.1) is 0 Å². The first-order valence-electron chi connectivity index (χ1n) is 10.9. The van der Waals surface area contributed by atoms with E-state index in [9.17, 15) is 9.59 Å². The van der Waals surface area contributed by atoms with Crippen LogP contribution in [0.1, 0.15) is 32.3 Å². The minimum absolute atomic E-state index is 0.142. The maximum Gasteiger partial charge on any atom is 0.261 e. The molecule has 6 heteroatoms. The van der Waals surface area contributed by atoms with Crippen LogP contribution in [0.2, 0.25) is 0 Å². The number of hydrogen-bond acceptors (Lipinski definition) is 3. The molecular weight excluding hydrogens is 468 g/mol. The molecule has 0 fully saturated rings. The standard InChI is InChI=1S/C26H29BrN2O3/c1-3-4-16-28-26(31)19(2)29(17-20-12-14-22(27)15-13-20)25(30)18-32-24-11-7-9-21-8-5-6-10-23(21)24/h5-15,19H,3-4,16-18H2,1-2H3,(H,28,31). The Kier molecular flexibility index (Phi) is 8.68. The number of benzene rings is 3. The van der Waals surface area contributed by atoms with Crippen LogP contribution in [0.3, 0.4) is 0 Å².